The van der Waals surface area contributed by atoms with Crippen LogP contribution >= 0.6 is 0 Å². The van der Waals surface area contributed by atoms with Crippen molar-refractivity contribution in [3.63, 3.8) is 0 Å². The van der Waals surface area contributed by atoms with Crippen molar-refractivity contribution in [2.75, 3.05) is 18.4 Å². The Hall–Kier alpha value is -1.16. The molecule has 1 aromatic rings. The molecule has 1 fully saturated rings. The molecule has 0 unspecified atom stereocenters. The number of nitrogens with one attached hydrogen (secondary N) is 2. The molecule has 2 N–H and O–H groups in total. The first-order chi connectivity index (χ1) is 6.84. The molecule has 1 aliphatic heterocycles. The average molecular weight is 192 g/mol. The summed E-state index contributed by atoms with van der Waals surface area (Å²) in [6.45, 7) is 4.05. The van der Waals surface area contributed by atoms with Crippen molar-refractivity contribution in [1.29, 1.82) is 0 Å². The van der Waals surface area contributed by atoms with Gasteiger partial charge in [-0.05, 0) is 31.9 Å². The lowest BCUT2D eigenvalue weighted by Gasteiger charge is -2.10. The third-order valence-electron chi connectivity index (χ3n) is 2.45. The number of hydrogen-bond donors (Lipinski definition) is 2. The summed E-state index contributed by atoms with van der Waals surface area (Å²) in [4.78, 5) is 8.38. The zero-order chi connectivity index (χ0) is 9.80. The van der Waals surface area contributed by atoms with E-state index in [2.05, 4.69) is 20.6 Å². The number of anilines is 1. The zero-order valence-electron chi connectivity index (χ0n) is 8.45. The van der Waals surface area contributed by atoms with Gasteiger partial charge in [-0.25, -0.2) is 9.97 Å². The molecule has 0 spiro atoms. The maximum Gasteiger partial charge on any atom is 0.222 e. The van der Waals surface area contributed by atoms with Crippen LogP contribution in [0.2, 0.25) is 0 Å². The Morgan fingerprint density at radius 2 is 2.29 bits per heavy atom. The zero-order valence-corrected chi connectivity index (χ0v) is 8.45. The first-order valence-corrected chi connectivity index (χ1v) is 5.10. The highest BCUT2D eigenvalue weighted by atomic mass is 15.1. The quantitative estimate of drug-likeness (QED) is 0.748. The third-order valence-corrected chi connectivity index (χ3v) is 2.45. The van der Waals surface area contributed by atoms with Crippen LogP contribution in [0.4, 0.5) is 5.95 Å². The summed E-state index contributed by atoms with van der Waals surface area (Å²) < 4.78 is 0. The van der Waals surface area contributed by atoms with Gasteiger partial charge >= 0.3 is 0 Å². The summed E-state index contributed by atoms with van der Waals surface area (Å²) >= 11 is 0. The van der Waals surface area contributed by atoms with Crippen molar-refractivity contribution < 1.29 is 0 Å². The van der Waals surface area contributed by atoms with Gasteiger partial charge in [-0.3, -0.25) is 0 Å². The lowest BCUT2D eigenvalue weighted by Crippen LogP contribution is -2.29. The van der Waals surface area contributed by atoms with Gasteiger partial charge in [0.1, 0.15) is 0 Å². The number of aromatic nitrogens is 2. The van der Waals surface area contributed by atoms with Crippen LogP contribution in [-0.2, 0) is 0 Å². The molecule has 2 heterocycles. The van der Waals surface area contributed by atoms with Crippen molar-refractivity contribution in [2.45, 2.75) is 25.8 Å². The number of rotatable bonds is 3. The van der Waals surface area contributed by atoms with Gasteiger partial charge in [0.05, 0.1) is 0 Å². The lowest BCUT2D eigenvalue weighted by atomic mass is 10.2. The van der Waals surface area contributed by atoms with Crippen molar-refractivity contribution in [2.24, 2.45) is 0 Å². The minimum Gasteiger partial charge on any atom is -0.353 e. The van der Waals surface area contributed by atoms with Gasteiger partial charge in [-0.2, -0.15) is 0 Å². The predicted molar refractivity (Wildman–Crippen MR) is 56.3 cm³/mol. The summed E-state index contributed by atoms with van der Waals surface area (Å²) in [7, 11) is 0. The van der Waals surface area contributed by atoms with Crippen molar-refractivity contribution in [1.82, 2.24) is 15.3 Å². The van der Waals surface area contributed by atoms with Crippen molar-refractivity contribution in [3.05, 3.63) is 18.0 Å². The van der Waals surface area contributed by atoms with E-state index in [9.17, 15) is 0 Å². The normalized spacial score (nSPS) is 21.1. The van der Waals surface area contributed by atoms with Gasteiger partial charge in [-0.15, -0.1) is 0 Å². The van der Waals surface area contributed by atoms with Gasteiger partial charge in [0.25, 0.3) is 0 Å². The molecule has 2 rings (SSSR count). The van der Waals surface area contributed by atoms with E-state index in [4.69, 9.17) is 0 Å². The van der Waals surface area contributed by atoms with Crippen LogP contribution in [0.25, 0.3) is 0 Å². The van der Waals surface area contributed by atoms with Crippen LogP contribution in [0.1, 0.15) is 18.4 Å². The molecule has 1 saturated heterocycles. The van der Waals surface area contributed by atoms with E-state index in [1.807, 2.05) is 19.3 Å². The van der Waals surface area contributed by atoms with E-state index >= 15 is 0 Å². The van der Waals surface area contributed by atoms with E-state index in [1.54, 1.807) is 0 Å². The predicted octanol–water partition coefficient (Wildman–Crippen LogP) is 0.949. The number of hydrogen-bond acceptors (Lipinski definition) is 4. The Morgan fingerprint density at radius 1 is 1.50 bits per heavy atom. The molecular formula is C10H16N4. The molecule has 0 aromatic carbocycles. The van der Waals surface area contributed by atoms with Gasteiger partial charge in [0.15, 0.2) is 0 Å². The van der Waals surface area contributed by atoms with E-state index in [1.165, 1.54) is 12.8 Å². The highest BCUT2D eigenvalue weighted by Gasteiger charge is 2.13. The molecule has 1 atom stereocenters. The minimum absolute atomic E-state index is 0.583. The second-order valence-corrected chi connectivity index (χ2v) is 3.76. The lowest BCUT2D eigenvalue weighted by molar-refractivity contribution is 0.631. The SMILES string of the molecule is Cc1cnc(NC[C@@H]2CCCN2)nc1. The molecular weight excluding hydrogens is 176 g/mol. The maximum absolute atomic E-state index is 4.19. The van der Waals surface area contributed by atoms with Crippen LogP contribution in [0, 0.1) is 6.92 Å². The van der Waals surface area contributed by atoms with Crippen molar-refractivity contribution >= 4 is 5.95 Å². The topological polar surface area (TPSA) is 49.8 Å². The number of aryl methyl sites for hydroxylation is 1. The summed E-state index contributed by atoms with van der Waals surface area (Å²) in [5, 5.41) is 6.65. The molecule has 0 amide bonds. The standard InChI is InChI=1S/C10H16N4/c1-8-5-12-10(13-6-8)14-7-9-3-2-4-11-9/h5-6,9,11H,2-4,7H2,1H3,(H,12,13,14)/t9-/m0/s1. The van der Waals surface area contributed by atoms with Gasteiger partial charge in [-0.1, -0.05) is 0 Å². The van der Waals surface area contributed by atoms with E-state index in [0.717, 1.165) is 24.6 Å². The maximum atomic E-state index is 4.19. The Balaban J connectivity index is 1.82. The fourth-order valence-electron chi connectivity index (χ4n) is 1.63. The van der Waals surface area contributed by atoms with Crippen LogP contribution < -0.4 is 10.6 Å². The Morgan fingerprint density at radius 3 is 2.93 bits per heavy atom. The van der Waals surface area contributed by atoms with Crippen molar-refractivity contribution in [3.8, 4) is 0 Å². The summed E-state index contributed by atoms with van der Waals surface area (Å²) in [6.07, 6.45) is 6.19. The Bertz CT molecular complexity index is 277. The van der Waals surface area contributed by atoms with E-state index in [0.29, 0.717) is 6.04 Å². The monoisotopic (exact) mass is 192 g/mol. The Labute approximate surface area is 84.2 Å². The molecule has 0 radical (unpaired) electrons. The average Bonchev–Trinajstić information content (AvgIpc) is 2.70. The van der Waals surface area contributed by atoms with Gasteiger partial charge in [0.2, 0.25) is 5.95 Å². The van der Waals surface area contributed by atoms with E-state index in [-0.39, 0.29) is 0 Å². The first kappa shape index (κ1) is 9.40. The summed E-state index contributed by atoms with van der Waals surface area (Å²) in [6, 6.07) is 0.583. The molecule has 0 saturated carbocycles. The second-order valence-electron chi connectivity index (χ2n) is 3.76. The van der Waals surface area contributed by atoms with Crippen LogP contribution in [0.3, 0.4) is 0 Å². The first-order valence-electron chi connectivity index (χ1n) is 5.10. The van der Waals surface area contributed by atoms with Gasteiger partial charge < -0.3 is 10.6 Å². The highest BCUT2D eigenvalue weighted by molar-refractivity contribution is 5.24. The summed E-state index contributed by atoms with van der Waals surface area (Å²) in [5.41, 5.74) is 1.09. The fraction of sp³-hybridized carbons (Fsp3) is 0.600. The Kier molecular flexibility index (Phi) is 2.93. The van der Waals surface area contributed by atoms with Crippen LogP contribution in [0.15, 0.2) is 12.4 Å². The second kappa shape index (κ2) is 4.37. The molecule has 14 heavy (non-hydrogen) atoms. The van der Waals surface area contributed by atoms with Gasteiger partial charge in [0, 0.05) is 25.0 Å². The molecule has 1 aromatic heterocycles. The van der Waals surface area contributed by atoms with Crippen LogP contribution in [0.5, 0.6) is 0 Å². The molecule has 4 nitrogen and oxygen atoms in total. The highest BCUT2D eigenvalue weighted by Crippen LogP contribution is 2.05. The largest absolute Gasteiger partial charge is 0.353 e. The summed E-state index contributed by atoms with van der Waals surface area (Å²) in [5.74, 6) is 0.726. The van der Waals surface area contributed by atoms with E-state index < -0.39 is 0 Å². The molecule has 4 heteroatoms. The smallest absolute Gasteiger partial charge is 0.222 e. The van der Waals surface area contributed by atoms with Crippen LogP contribution in [-0.4, -0.2) is 29.1 Å². The molecule has 0 aliphatic carbocycles. The minimum atomic E-state index is 0.583. The molecule has 1 aliphatic rings. The number of nitrogens with zero attached hydrogens (tertiary/aromatic N) is 2. The molecule has 76 valence electrons. The fourth-order valence-corrected chi connectivity index (χ4v) is 1.63. The molecule has 0 bridgehead atoms. The third kappa shape index (κ3) is 2.42.